The van der Waals surface area contributed by atoms with E-state index >= 15 is 0 Å². The van der Waals surface area contributed by atoms with Gasteiger partial charge >= 0.3 is 0 Å². The van der Waals surface area contributed by atoms with Crippen molar-refractivity contribution in [1.29, 1.82) is 0 Å². The Morgan fingerprint density at radius 1 is 0.355 bits per heavy atom. The van der Waals surface area contributed by atoms with Crippen LogP contribution in [-0.4, -0.2) is 0 Å². The first-order valence-electron chi connectivity index (χ1n) is 10.4. The van der Waals surface area contributed by atoms with Crippen LogP contribution in [0.25, 0.3) is 44.5 Å². The van der Waals surface area contributed by atoms with Gasteiger partial charge in [-0.1, -0.05) is 121 Å². The normalized spacial score (nSPS) is 10.7. The van der Waals surface area contributed by atoms with E-state index in [0.717, 1.165) is 4.47 Å². The van der Waals surface area contributed by atoms with Crippen LogP contribution in [-0.2, 0) is 0 Å². The van der Waals surface area contributed by atoms with Gasteiger partial charge < -0.3 is 0 Å². The van der Waals surface area contributed by atoms with Crippen LogP contribution in [0.2, 0.25) is 0 Å². The average molecular weight is 461 g/mol. The van der Waals surface area contributed by atoms with E-state index in [0.29, 0.717) is 0 Å². The van der Waals surface area contributed by atoms with Crippen molar-refractivity contribution in [2.45, 2.75) is 0 Å². The van der Waals surface area contributed by atoms with E-state index in [2.05, 4.69) is 143 Å². The van der Waals surface area contributed by atoms with Crippen LogP contribution < -0.4 is 0 Å². The van der Waals surface area contributed by atoms with E-state index in [1.165, 1.54) is 44.5 Å². The molecule has 1 heteroatoms. The molecule has 0 fully saturated rings. The van der Waals surface area contributed by atoms with E-state index in [-0.39, 0.29) is 0 Å². The monoisotopic (exact) mass is 460 g/mol. The van der Waals surface area contributed by atoms with Crippen molar-refractivity contribution in [3.8, 4) is 44.5 Å². The maximum Gasteiger partial charge on any atom is 0.0344 e. The number of hydrogen-bond acceptors (Lipinski definition) is 0. The molecule has 0 radical (unpaired) electrons. The molecular weight excluding hydrogens is 440 g/mol. The lowest BCUT2D eigenvalue weighted by Gasteiger charge is -2.21. The molecule has 5 aromatic carbocycles. The van der Waals surface area contributed by atoms with E-state index in [1.54, 1.807) is 0 Å². The van der Waals surface area contributed by atoms with Crippen LogP contribution in [0, 0.1) is 0 Å². The molecule has 0 saturated heterocycles. The van der Waals surface area contributed by atoms with E-state index in [9.17, 15) is 0 Å². The Hall–Kier alpha value is -3.42. The maximum absolute atomic E-state index is 4.05. The topological polar surface area (TPSA) is 0 Å². The summed E-state index contributed by atoms with van der Waals surface area (Å²) < 4.78 is 1.12. The highest BCUT2D eigenvalue weighted by atomic mass is 79.9. The van der Waals surface area contributed by atoms with Gasteiger partial charge in [0.25, 0.3) is 0 Å². The van der Waals surface area contributed by atoms with Gasteiger partial charge in [0.05, 0.1) is 0 Å². The first-order valence-corrected chi connectivity index (χ1v) is 11.2. The molecule has 31 heavy (non-hydrogen) atoms. The molecule has 0 unspecified atom stereocenters. The van der Waals surface area contributed by atoms with Gasteiger partial charge in [-0.3, -0.25) is 0 Å². The molecular formula is C30H21Br. The molecule has 0 spiro atoms. The number of hydrogen-bond donors (Lipinski definition) is 0. The summed E-state index contributed by atoms with van der Waals surface area (Å²) in [5.74, 6) is 0. The first-order chi connectivity index (χ1) is 15.3. The number of rotatable bonds is 4. The molecule has 0 aliphatic rings. The van der Waals surface area contributed by atoms with Gasteiger partial charge in [-0.05, 0) is 55.4 Å². The second-order valence-electron chi connectivity index (χ2n) is 7.50. The Balaban J connectivity index is 1.91. The first kappa shape index (κ1) is 19.5. The minimum absolute atomic E-state index is 1.12. The quantitative estimate of drug-likeness (QED) is 0.250. The summed E-state index contributed by atoms with van der Waals surface area (Å²) >= 11 is 4.05. The van der Waals surface area contributed by atoms with Crippen molar-refractivity contribution in [2.24, 2.45) is 0 Å². The van der Waals surface area contributed by atoms with Gasteiger partial charge in [0.15, 0.2) is 0 Å². The van der Waals surface area contributed by atoms with E-state index in [4.69, 9.17) is 0 Å². The summed E-state index contributed by atoms with van der Waals surface area (Å²) in [7, 11) is 0. The third-order valence-electron chi connectivity index (χ3n) is 5.56. The van der Waals surface area contributed by atoms with Crippen LogP contribution in [0.15, 0.2) is 132 Å². The third kappa shape index (κ3) is 3.85. The lowest BCUT2D eigenvalue weighted by atomic mass is 9.85. The van der Waals surface area contributed by atoms with Crippen LogP contribution in [0.5, 0.6) is 0 Å². The molecule has 5 aromatic rings. The van der Waals surface area contributed by atoms with E-state index < -0.39 is 0 Å². The number of halogens is 1. The van der Waals surface area contributed by atoms with Gasteiger partial charge in [-0.15, -0.1) is 0 Å². The van der Waals surface area contributed by atoms with Crippen molar-refractivity contribution in [3.05, 3.63) is 132 Å². The Labute approximate surface area is 192 Å². The summed E-state index contributed by atoms with van der Waals surface area (Å²) in [6.07, 6.45) is 0. The third-order valence-corrected chi connectivity index (χ3v) is 6.35. The Morgan fingerprint density at radius 3 is 0.968 bits per heavy atom. The average Bonchev–Trinajstić information content (AvgIpc) is 2.85. The Bertz CT molecular complexity index is 1190. The van der Waals surface area contributed by atoms with Gasteiger partial charge in [0, 0.05) is 15.6 Å². The maximum atomic E-state index is 4.05. The number of benzene rings is 5. The summed E-state index contributed by atoms with van der Waals surface area (Å²) in [6.45, 7) is 0. The predicted molar refractivity (Wildman–Crippen MR) is 136 cm³/mol. The fourth-order valence-corrected chi connectivity index (χ4v) is 5.00. The zero-order valence-corrected chi connectivity index (χ0v) is 18.6. The van der Waals surface area contributed by atoms with Crippen molar-refractivity contribution in [3.63, 3.8) is 0 Å². The van der Waals surface area contributed by atoms with Gasteiger partial charge in [-0.2, -0.15) is 0 Å². The molecule has 0 aromatic heterocycles. The molecule has 0 heterocycles. The van der Waals surface area contributed by atoms with Crippen LogP contribution in [0.4, 0.5) is 0 Å². The molecule has 0 aliphatic heterocycles. The van der Waals surface area contributed by atoms with Crippen molar-refractivity contribution in [2.75, 3.05) is 0 Å². The molecule has 0 amide bonds. The molecule has 0 nitrogen and oxygen atoms in total. The Morgan fingerprint density at radius 2 is 0.645 bits per heavy atom. The fourth-order valence-electron chi connectivity index (χ4n) is 4.11. The van der Waals surface area contributed by atoms with Crippen LogP contribution in [0.1, 0.15) is 0 Å². The fraction of sp³-hybridized carbons (Fsp3) is 0. The molecule has 5 rings (SSSR count). The van der Waals surface area contributed by atoms with Gasteiger partial charge in [0.1, 0.15) is 0 Å². The lowest BCUT2D eigenvalue weighted by Crippen LogP contribution is -1.94. The largest absolute Gasteiger partial charge is 0.0622 e. The molecule has 148 valence electrons. The van der Waals surface area contributed by atoms with Crippen LogP contribution in [0.3, 0.4) is 0 Å². The smallest absolute Gasteiger partial charge is 0.0344 e. The van der Waals surface area contributed by atoms with E-state index in [1.807, 2.05) is 0 Å². The predicted octanol–water partition coefficient (Wildman–Crippen LogP) is 9.12. The molecule has 0 aliphatic carbocycles. The molecule has 0 N–H and O–H groups in total. The minimum atomic E-state index is 1.12. The Kier molecular flexibility index (Phi) is 5.52. The standard InChI is InChI=1S/C30H21Br/c31-30-28(24-17-9-3-10-18-24)26(22-13-5-1-6-14-22)21-27(23-15-7-2-8-16-23)29(30)25-19-11-4-12-20-25/h1-21H. The zero-order valence-electron chi connectivity index (χ0n) is 17.0. The summed E-state index contributed by atoms with van der Waals surface area (Å²) in [6, 6.07) is 44.9. The summed E-state index contributed by atoms with van der Waals surface area (Å²) in [4.78, 5) is 0. The molecule has 0 atom stereocenters. The van der Waals surface area contributed by atoms with Crippen LogP contribution >= 0.6 is 15.9 Å². The molecule has 0 bridgehead atoms. The van der Waals surface area contributed by atoms with Crippen molar-refractivity contribution >= 4 is 15.9 Å². The highest BCUT2D eigenvalue weighted by Crippen LogP contribution is 2.48. The van der Waals surface area contributed by atoms with Crippen molar-refractivity contribution < 1.29 is 0 Å². The zero-order chi connectivity index (χ0) is 21.0. The second-order valence-corrected chi connectivity index (χ2v) is 8.29. The SMILES string of the molecule is Brc1c(-c2ccccc2)c(-c2ccccc2)cc(-c2ccccc2)c1-c1ccccc1. The highest BCUT2D eigenvalue weighted by Gasteiger charge is 2.20. The molecule has 0 saturated carbocycles. The van der Waals surface area contributed by atoms with Gasteiger partial charge in [0.2, 0.25) is 0 Å². The summed E-state index contributed by atoms with van der Waals surface area (Å²) in [5.41, 5.74) is 9.68. The highest BCUT2D eigenvalue weighted by molar-refractivity contribution is 9.10. The second kappa shape index (κ2) is 8.75. The minimum Gasteiger partial charge on any atom is -0.0622 e. The summed E-state index contributed by atoms with van der Waals surface area (Å²) in [5, 5.41) is 0. The lowest BCUT2D eigenvalue weighted by molar-refractivity contribution is 1.52. The van der Waals surface area contributed by atoms with Crippen molar-refractivity contribution in [1.82, 2.24) is 0 Å². The van der Waals surface area contributed by atoms with Gasteiger partial charge in [-0.25, -0.2) is 0 Å².